The van der Waals surface area contributed by atoms with E-state index in [2.05, 4.69) is 42.8 Å². The number of aromatic nitrogens is 2. The zero-order valence-electron chi connectivity index (χ0n) is 16.6. The predicted octanol–water partition coefficient (Wildman–Crippen LogP) is 2.51. The number of likely N-dealkylation sites (tertiary alicyclic amines) is 1. The Balaban J connectivity index is 0.00000280. The second-order valence-electron chi connectivity index (χ2n) is 6.57. The second-order valence-corrected chi connectivity index (χ2v) is 6.57. The standard InChI is InChI=1S/C19H28N6O2.HI/c1-14-23-18(24-27-14)13-22-19(20-2)21-12-17(25-9-4-5-10-25)15-7-6-8-16(11-15)26-3;/h6-8,11,17H,4-5,9-10,12-13H2,1-3H3,(H2,20,21,22);1H. The van der Waals surface area contributed by atoms with Gasteiger partial charge in [0.25, 0.3) is 0 Å². The van der Waals surface area contributed by atoms with Crippen LogP contribution in [0.1, 0.15) is 36.2 Å². The van der Waals surface area contributed by atoms with Gasteiger partial charge in [-0.05, 0) is 43.6 Å². The summed E-state index contributed by atoms with van der Waals surface area (Å²) in [5.41, 5.74) is 1.24. The van der Waals surface area contributed by atoms with E-state index < -0.39 is 0 Å². The molecule has 2 aromatic rings. The fraction of sp³-hybridized carbons (Fsp3) is 0.526. The molecule has 0 radical (unpaired) electrons. The minimum Gasteiger partial charge on any atom is -0.497 e. The molecule has 2 N–H and O–H groups in total. The maximum absolute atomic E-state index is 5.41. The number of aliphatic imine (C=N–C) groups is 1. The molecule has 1 atom stereocenters. The van der Waals surface area contributed by atoms with Crippen molar-refractivity contribution in [3.63, 3.8) is 0 Å². The number of nitrogens with zero attached hydrogens (tertiary/aromatic N) is 4. The summed E-state index contributed by atoms with van der Waals surface area (Å²) in [4.78, 5) is 11.0. The molecule has 1 fully saturated rings. The molecule has 1 saturated heterocycles. The Hall–Kier alpha value is -1.88. The largest absolute Gasteiger partial charge is 0.497 e. The molecule has 1 unspecified atom stereocenters. The summed E-state index contributed by atoms with van der Waals surface area (Å²) in [5, 5.41) is 10.6. The van der Waals surface area contributed by atoms with E-state index >= 15 is 0 Å². The van der Waals surface area contributed by atoms with Gasteiger partial charge in [-0.2, -0.15) is 4.98 Å². The molecule has 154 valence electrons. The molecule has 2 heterocycles. The number of guanidine groups is 1. The maximum Gasteiger partial charge on any atom is 0.223 e. The molecule has 0 bridgehead atoms. The summed E-state index contributed by atoms with van der Waals surface area (Å²) < 4.78 is 10.4. The highest BCUT2D eigenvalue weighted by molar-refractivity contribution is 14.0. The SMILES string of the molecule is CN=C(NCc1noc(C)n1)NCC(c1cccc(OC)c1)N1CCCC1.I. The topological polar surface area (TPSA) is 87.8 Å². The molecule has 0 saturated carbocycles. The van der Waals surface area contributed by atoms with E-state index in [0.29, 0.717) is 24.2 Å². The lowest BCUT2D eigenvalue weighted by Crippen LogP contribution is -2.42. The Bertz CT molecular complexity index is 760. The maximum atomic E-state index is 5.41. The summed E-state index contributed by atoms with van der Waals surface area (Å²) in [6, 6.07) is 8.55. The molecule has 1 aromatic carbocycles. The van der Waals surface area contributed by atoms with Crippen molar-refractivity contribution >= 4 is 29.9 Å². The van der Waals surface area contributed by atoms with Gasteiger partial charge < -0.3 is 19.9 Å². The van der Waals surface area contributed by atoms with Crippen LogP contribution in [0.3, 0.4) is 0 Å². The molecule has 9 heteroatoms. The number of aryl methyl sites for hydroxylation is 1. The monoisotopic (exact) mass is 500 g/mol. The summed E-state index contributed by atoms with van der Waals surface area (Å²) in [5.74, 6) is 2.76. The third-order valence-corrected chi connectivity index (χ3v) is 4.73. The molecule has 1 aliphatic rings. The smallest absolute Gasteiger partial charge is 0.223 e. The van der Waals surface area contributed by atoms with E-state index in [1.54, 1.807) is 21.1 Å². The minimum atomic E-state index is 0. The molecule has 28 heavy (non-hydrogen) atoms. The van der Waals surface area contributed by atoms with Crippen LogP contribution in [0, 0.1) is 6.92 Å². The van der Waals surface area contributed by atoms with Gasteiger partial charge in [-0.15, -0.1) is 24.0 Å². The van der Waals surface area contributed by atoms with Crippen molar-refractivity contribution in [2.24, 2.45) is 4.99 Å². The lowest BCUT2D eigenvalue weighted by molar-refractivity contribution is 0.245. The molecule has 8 nitrogen and oxygen atoms in total. The Morgan fingerprint density at radius 1 is 1.32 bits per heavy atom. The minimum absolute atomic E-state index is 0. The summed E-state index contributed by atoms with van der Waals surface area (Å²) in [6.07, 6.45) is 2.48. The molecule has 0 aliphatic carbocycles. The molecular weight excluding hydrogens is 471 g/mol. The normalized spacial score (nSPS) is 15.8. The first kappa shape index (κ1) is 22.4. The van der Waals surface area contributed by atoms with Gasteiger partial charge in [-0.25, -0.2) is 0 Å². The quantitative estimate of drug-likeness (QED) is 0.343. The number of hydrogen-bond acceptors (Lipinski definition) is 6. The van der Waals surface area contributed by atoms with Crippen molar-refractivity contribution in [3.05, 3.63) is 41.5 Å². The number of methoxy groups -OCH3 is 1. The Labute approximate surface area is 183 Å². The van der Waals surface area contributed by atoms with Crippen LogP contribution in [0.2, 0.25) is 0 Å². The van der Waals surface area contributed by atoms with Crippen LogP contribution in [-0.4, -0.2) is 54.8 Å². The highest BCUT2D eigenvalue weighted by Crippen LogP contribution is 2.27. The van der Waals surface area contributed by atoms with Gasteiger partial charge in [-0.3, -0.25) is 9.89 Å². The summed E-state index contributed by atoms with van der Waals surface area (Å²) in [6.45, 7) is 5.20. The van der Waals surface area contributed by atoms with Gasteiger partial charge in [0.05, 0.1) is 19.7 Å². The van der Waals surface area contributed by atoms with Crippen molar-refractivity contribution < 1.29 is 9.26 Å². The number of nitrogens with one attached hydrogen (secondary N) is 2. The first-order valence-corrected chi connectivity index (χ1v) is 9.31. The van der Waals surface area contributed by atoms with Crippen LogP contribution < -0.4 is 15.4 Å². The summed E-state index contributed by atoms with van der Waals surface area (Å²) >= 11 is 0. The van der Waals surface area contributed by atoms with Gasteiger partial charge in [0.1, 0.15) is 5.75 Å². The number of rotatable bonds is 7. The van der Waals surface area contributed by atoms with Gasteiger partial charge in [0, 0.05) is 20.5 Å². The van der Waals surface area contributed by atoms with Crippen molar-refractivity contribution in [2.45, 2.75) is 32.4 Å². The first-order valence-electron chi connectivity index (χ1n) is 9.31. The second kappa shape index (κ2) is 11.2. The van der Waals surface area contributed by atoms with Gasteiger partial charge in [0.2, 0.25) is 5.89 Å². The predicted molar refractivity (Wildman–Crippen MR) is 119 cm³/mol. The average Bonchev–Trinajstić information content (AvgIpc) is 3.36. The fourth-order valence-corrected chi connectivity index (χ4v) is 3.35. The van der Waals surface area contributed by atoms with Gasteiger partial charge in [0.15, 0.2) is 11.8 Å². The van der Waals surface area contributed by atoms with Crippen molar-refractivity contribution in [1.82, 2.24) is 25.7 Å². The van der Waals surface area contributed by atoms with Crippen LogP contribution in [0.4, 0.5) is 0 Å². The van der Waals surface area contributed by atoms with Crippen LogP contribution in [-0.2, 0) is 6.54 Å². The van der Waals surface area contributed by atoms with Gasteiger partial charge >= 0.3 is 0 Å². The van der Waals surface area contributed by atoms with E-state index in [1.165, 1.54) is 18.4 Å². The van der Waals surface area contributed by atoms with E-state index in [9.17, 15) is 0 Å². The lowest BCUT2D eigenvalue weighted by atomic mass is 10.1. The average molecular weight is 500 g/mol. The number of benzene rings is 1. The van der Waals surface area contributed by atoms with E-state index in [1.807, 2.05) is 12.1 Å². The number of hydrogen-bond donors (Lipinski definition) is 2. The highest BCUT2D eigenvalue weighted by Gasteiger charge is 2.24. The number of ether oxygens (including phenoxy) is 1. The Kier molecular flexibility index (Phi) is 8.97. The van der Waals surface area contributed by atoms with Crippen LogP contribution >= 0.6 is 24.0 Å². The van der Waals surface area contributed by atoms with Crippen LogP contribution in [0.5, 0.6) is 5.75 Å². The van der Waals surface area contributed by atoms with E-state index in [0.717, 1.165) is 25.4 Å². The van der Waals surface area contributed by atoms with Gasteiger partial charge in [-0.1, -0.05) is 17.3 Å². The third kappa shape index (κ3) is 6.06. The Morgan fingerprint density at radius 3 is 2.75 bits per heavy atom. The molecule has 3 rings (SSSR count). The summed E-state index contributed by atoms with van der Waals surface area (Å²) in [7, 11) is 3.46. The highest BCUT2D eigenvalue weighted by atomic mass is 127. The van der Waals surface area contributed by atoms with Crippen molar-refractivity contribution in [3.8, 4) is 5.75 Å². The first-order chi connectivity index (χ1) is 13.2. The zero-order chi connectivity index (χ0) is 19.1. The molecular formula is C19H29IN6O2. The fourth-order valence-electron chi connectivity index (χ4n) is 3.35. The van der Waals surface area contributed by atoms with E-state index in [4.69, 9.17) is 9.26 Å². The molecule has 0 amide bonds. The third-order valence-electron chi connectivity index (χ3n) is 4.73. The molecule has 1 aliphatic heterocycles. The van der Waals surface area contributed by atoms with Crippen molar-refractivity contribution in [2.75, 3.05) is 33.8 Å². The van der Waals surface area contributed by atoms with Crippen LogP contribution in [0.15, 0.2) is 33.8 Å². The van der Waals surface area contributed by atoms with Crippen molar-refractivity contribution in [1.29, 1.82) is 0 Å². The molecule has 0 spiro atoms. The Morgan fingerprint density at radius 2 is 2.11 bits per heavy atom. The zero-order valence-corrected chi connectivity index (χ0v) is 19.0. The number of halogens is 1. The molecule has 1 aromatic heterocycles. The lowest BCUT2D eigenvalue weighted by Gasteiger charge is -2.29. The van der Waals surface area contributed by atoms with E-state index in [-0.39, 0.29) is 30.0 Å². The van der Waals surface area contributed by atoms with Crippen LogP contribution in [0.25, 0.3) is 0 Å².